The highest BCUT2D eigenvalue weighted by Crippen LogP contribution is 2.43. The largest absolute Gasteiger partial charge is 0.498 e. The topological polar surface area (TPSA) is 91.3 Å². The monoisotopic (exact) mass is 769 g/mol. The normalized spacial score (nSPS) is 14.2. The van der Waals surface area contributed by atoms with Crippen LogP contribution in [0.15, 0.2) is 48.8 Å². The lowest BCUT2D eigenvalue weighted by Gasteiger charge is -2.24. The van der Waals surface area contributed by atoms with Crippen molar-refractivity contribution in [2.75, 3.05) is 47.5 Å². The number of hydrogen-bond donors (Lipinski definition) is 1. The van der Waals surface area contributed by atoms with Crippen LogP contribution in [0.2, 0.25) is 0 Å². The van der Waals surface area contributed by atoms with Crippen molar-refractivity contribution in [3.63, 3.8) is 0 Å². The van der Waals surface area contributed by atoms with Crippen molar-refractivity contribution in [3.05, 3.63) is 48.8 Å². The van der Waals surface area contributed by atoms with Crippen molar-refractivity contribution >= 4 is 13.8 Å². The lowest BCUT2D eigenvalue weighted by molar-refractivity contribution is -0.870. The molecule has 0 bridgehead atoms. The van der Waals surface area contributed by atoms with Crippen LogP contribution in [0.3, 0.4) is 0 Å². The molecule has 0 spiro atoms. The summed E-state index contributed by atoms with van der Waals surface area (Å²) in [4.78, 5) is 22.8. The van der Waals surface area contributed by atoms with Gasteiger partial charge in [-0.2, -0.15) is 0 Å². The third-order valence-corrected chi connectivity index (χ3v) is 9.94. The van der Waals surface area contributed by atoms with Crippen molar-refractivity contribution in [1.29, 1.82) is 0 Å². The molecule has 0 aromatic carbocycles. The van der Waals surface area contributed by atoms with Gasteiger partial charge in [-0.15, -0.1) is 0 Å². The number of phosphoric ester groups is 1. The third kappa shape index (κ3) is 41.3. The zero-order valence-electron chi connectivity index (χ0n) is 35.0. The standard InChI is InChI=1S/C44H82NO7P/c1-6-8-10-12-14-16-18-20-22-24-26-28-30-32-34-36-39-49-41-43(42-51-53(47,48)50-40-38-45(3,4)5)52-44(46)37-35-33-31-29-27-25-23-21-19-17-15-13-11-9-7-2/h15,17,21,23,27,29,36,39,43H,6-14,16,18-20,22,24-26,28,30-35,37-38,40-42H2,1-5H3/p+1/b17-15+,23-21+,29-27+,39-36+/t43-/m1/s1. The minimum Gasteiger partial charge on any atom is -0.498 e. The van der Waals surface area contributed by atoms with Crippen LogP contribution in [-0.4, -0.2) is 69.0 Å². The molecule has 0 aliphatic heterocycles. The van der Waals surface area contributed by atoms with Gasteiger partial charge in [-0.05, 0) is 63.9 Å². The van der Waals surface area contributed by atoms with Gasteiger partial charge >= 0.3 is 13.8 Å². The molecule has 0 amide bonds. The molecule has 0 aliphatic carbocycles. The number of allylic oxidation sites excluding steroid dienone is 7. The summed E-state index contributed by atoms with van der Waals surface area (Å²) in [6.45, 7) is 4.85. The highest BCUT2D eigenvalue weighted by molar-refractivity contribution is 7.47. The molecule has 2 atom stereocenters. The lowest BCUT2D eigenvalue weighted by atomic mass is 10.0. The Morgan fingerprint density at radius 2 is 1.06 bits per heavy atom. The first-order chi connectivity index (χ1) is 25.6. The number of likely N-dealkylation sites (N-methyl/N-ethyl adjacent to an activating group) is 1. The average Bonchev–Trinajstić information content (AvgIpc) is 3.11. The van der Waals surface area contributed by atoms with Crippen LogP contribution < -0.4 is 0 Å². The van der Waals surface area contributed by atoms with Crippen molar-refractivity contribution in [2.45, 2.75) is 180 Å². The molecule has 0 aliphatic rings. The van der Waals surface area contributed by atoms with E-state index < -0.39 is 13.9 Å². The van der Waals surface area contributed by atoms with Crippen molar-refractivity contribution < 1.29 is 37.3 Å². The molecule has 0 aromatic heterocycles. The molecule has 0 fully saturated rings. The van der Waals surface area contributed by atoms with Gasteiger partial charge in [-0.25, -0.2) is 4.57 Å². The third-order valence-electron chi connectivity index (χ3n) is 8.96. The van der Waals surface area contributed by atoms with Gasteiger partial charge in [-0.3, -0.25) is 13.8 Å². The summed E-state index contributed by atoms with van der Waals surface area (Å²) < 4.78 is 34.7. The minimum absolute atomic E-state index is 0.0325. The summed E-state index contributed by atoms with van der Waals surface area (Å²) >= 11 is 0. The molecule has 0 heterocycles. The van der Waals surface area contributed by atoms with Crippen LogP contribution in [-0.2, 0) is 27.9 Å². The van der Waals surface area contributed by atoms with E-state index in [0.29, 0.717) is 17.4 Å². The van der Waals surface area contributed by atoms with E-state index in [2.05, 4.69) is 50.3 Å². The molecule has 1 unspecified atom stereocenters. The molecule has 0 rings (SSSR count). The Morgan fingerprint density at radius 3 is 1.60 bits per heavy atom. The Kier molecular flexibility index (Phi) is 36.0. The first-order valence-electron chi connectivity index (χ1n) is 21.4. The molecule has 53 heavy (non-hydrogen) atoms. The summed E-state index contributed by atoms with van der Waals surface area (Å²) in [5.41, 5.74) is 0. The summed E-state index contributed by atoms with van der Waals surface area (Å²) in [5.74, 6) is -0.373. The number of nitrogens with zero attached hydrogens (tertiary/aromatic N) is 1. The number of quaternary nitrogens is 1. The first kappa shape index (κ1) is 51.3. The molecule has 8 nitrogen and oxygen atoms in total. The van der Waals surface area contributed by atoms with E-state index in [4.69, 9.17) is 18.5 Å². The van der Waals surface area contributed by atoms with Gasteiger partial charge in [0, 0.05) is 6.42 Å². The van der Waals surface area contributed by atoms with E-state index in [1.165, 1.54) is 109 Å². The fourth-order valence-electron chi connectivity index (χ4n) is 5.58. The predicted molar refractivity (Wildman–Crippen MR) is 224 cm³/mol. The Bertz CT molecular complexity index is 989. The Balaban J connectivity index is 4.37. The van der Waals surface area contributed by atoms with Crippen LogP contribution in [0.5, 0.6) is 0 Å². The number of ether oxygens (including phenoxy) is 2. The van der Waals surface area contributed by atoms with Crippen molar-refractivity contribution in [3.8, 4) is 0 Å². The van der Waals surface area contributed by atoms with E-state index in [-0.39, 0.29) is 32.2 Å². The van der Waals surface area contributed by atoms with Crippen LogP contribution in [0.25, 0.3) is 0 Å². The van der Waals surface area contributed by atoms with Crippen LogP contribution in [0, 0.1) is 0 Å². The number of rotatable bonds is 39. The van der Waals surface area contributed by atoms with Crippen molar-refractivity contribution in [2.24, 2.45) is 0 Å². The first-order valence-corrected chi connectivity index (χ1v) is 22.9. The van der Waals surface area contributed by atoms with Crippen molar-refractivity contribution in [1.82, 2.24) is 0 Å². The molecule has 0 saturated carbocycles. The summed E-state index contributed by atoms with van der Waals surface area (Å²) in [5, 5.41) is 0. The zero-order chi connectivity index (χ0) is 39.1. The van der Waals surface area contributed by atoms with Gasteiger partial charge in [0.25, 0.3) is 0 Å². The van der Waals surface area contributed by atoms with E-state index in [1.54, 1.807) is 6.26 Å². The Hall–Kier alpha value is -1.70. The molecule has 0 saturated heterocycles. The molecular weight excluding hydrogens is 685 g/mol. The SMILES string of the molecule is CCCCC/C=C/C/C=C/C/C=C/CCCCC(=O)O[C@H](CO/C=C/CCCCCCCCCCCCCCCC)COP(=O)(O)OCC[N+](C)(C)C. The number of esters is 1. The van der Waals surface area contributed by atoms with Gasteiger partial charge in [0.1, 0.15) is 19.8 Å². The maximum absolute atomic E-state index is 12.6. The number of phosphoric acid groups is 1. The predicted octanol–water partition coefficient (Wildman–Crippen LogP) is 12.7. The molecular formula is C44H83NO7P+. The van der Waals surface area contributed by atoms with Gasteiger partial charge in [-0.1, -0.05) is 147 Å². The zero-order valence-corrected chi connectivity index (χ0v) is 35.9. The van der Waals surface area contributed by atoms with Crippen LogP contribution >= 0.6 is 7.82 Å². The minimum atomic E-state index is -4.30. The number of unbranched alkanes of at least 4 members (excludes halogenated alkanes) is 19. The highest BCUT2D eigenvalue weighted by Gasteiger charge is 2.26. The maximum atomic E-state index is 12.6. The van der Waals surface area contributed by atoms with Gasteiger partial charge in [0.15, 0.2) is 6.10 Å². The molecule has 310 valence electrons. The van der Waals surface area contributed by atoms with Gasteiger partial charge < -0.3 is 18.9 Å². The maximum Gasteiger partial charge on any atom is 0.472 e. The van der Waals surface area contributed by atoms with E-state index in [1.807, 2.05) is 27.2 Å². The smallest absolute Gasteiger partial charge is 0.472 e. The quantitative estimate of drug-likeness (QED) is 0.0166. The Labute approximate surface area is 327 Å². The van der Waals surface area contributed by atoms with Crippen LogP contribution in [0.1, 0.15) is 174 Å². The second-order valence-electron chi connectivity index (χ2n) is 15.4. The summed E-state index contributed by atoms with van der Waals surface area (Å²) in [6.07, 6.45) is 45.3. The fourth-order valence-corrected chi connectivity index (χ4v) is 6.32. The second kappa shape index (κ2) is 37.2. The fraction of sp³-hybridized carbons (Fsp3) is 0.795. The molecule has 1 N–H and O–H groups in total. The number of hydrogen-bond acceptors (Lipinski definition) is 6. The van der Waals surface area contributed by atoms with E-state index in [9.17, 15) is 14.3 Å². The molecule has 9 heteroatoms. The van der Waals surface area contributed by atoms with Gasteiger partial charge in [0.05, 0.1) is 34.0 Å². The van der Waals surface area contributed by atoms with E-state index >= 15 is 0 Å². The summed E-state index contributed by atoms with van der Waals surface area (Å²) in [6, 6.07) is 0. The average molecular weight is 769 g/mol. The summed E-state index contributed by atoms with van der Waals surface area (Å²) in [7, 11) is 1.61. The second-order valence-corrected chi connectivity index (χ2v) is 16.9. The van der Waals surface area contributed by atoms with Gasteiger partial charge in [0.2, 0.25) is 0 Å². The molecule has 0 aromatic rings. The number of carbonyl (C=O) groups excluding carboxylic acids is 1. The number of carbonyl (C=O) groups is 1. The highest BCUT2D eigenvalue weighted by atomic mass is 31.2. The Morgan fingerprint density at radius 1 is 0.604 bits per heavy atom. The van der Waals surface area contributed by atoms with E-state index in [0.717, 1.165) is 38.5 Å². The lowest BCUT2D eigenvalue weighted by Crippen LogP contribution is -2.37. The van der Waals surface area contributed by atoms with Crippen LogP contribution in [0.4, 0.5) is 0 Å². The molecule has 0 radical (unpaired) electrons.